The zero-order valence-electron chi connectivity index (χ0n) is 8.21. The molecule has 0 aromatic carbocycles. The van der Waals surface area contributed by atoms with Gasteiger partial charge < -0.3 is 5.11 Å². The maximum absolute atomic E-state index is 9.34. The van der Waals surface area contributed by atoms with Crippen LogP contribution in [0, 0.1) is 0 Å². The van der Waals surface area contributed by atoms with Crippen molar-refractivity contribution in [3.8, 4) is 0 Å². The van der Waals surface area contributed by atoms with E-state index in [9.17, 15) is 5.11 Å². The van der Waals surface area contributed by atoms with E-state index in [-0.39, 0.29) is 6.10 Å². The Morgan fingerprint density at radius 3 is 2.67 bits per heavy atom. The molecule has 0 saturated carbocycles. The first-order chi connectivity index (χ1) is 5.81. The molecule has 1 heteroatoms. The van der Waals surface area contributed by atoms with E-state index in [1.165, 1.54) is 19.3 Å². The summed E-state index contributed by atoms with van der Waals surface area (Å²) in [6.45, 7) is 4.09. The topological polar surface area (TPSA) is 20.2 Å². The van der Waals surface area contributed by atoms with Crippen molar-refractivity contribution >= 4 is 0 Å². The molecule has 0 aliphatic rings. The molecule has 0 aliphatic carbocycles. The predicted octanol–water partition coefficient (Wildman–Crippen LogP) is 3.05. The molecule has 0 fully saturated rings. The quantitative estimate of drug-likeness (QED) is 0.477. The highest BCUT2D eigenvalue weighted by Gasteiger charge is 1.96. The van der Waals surface area contributed by atoms with Crippen LogP contribution in [0.25, 0.3) is 0 Å². The molecule has 0 spiro atoms. The molecule has 0 heterocycles. The molecule has 0 saturated heterocycles. The molecule has 0 aliphatic heterocycles. The van der Waals surface area contributed by atoms with Gasteiger partial charge >= 0.3 is 0 Å². The minimum Gasteiger partial charge on any atom is -0.388 e. The van der Waals surface area contributed by atoms with Crippen LogP contribution in [0.5, 0.6) is 0 Å². The minimum atomic E-state index is -0.293. The van der Waals surface area contributed by atoms with E-state index >= 15 is 0 Å². The van der Waals surface area contributed by atoms with Crippen molar-refractivity contribution in [1.29, 1.82) is 0 Å². The SMILES string of the molecule is CC=C=CC(O)CCCCCC. The molecule has 0 radical (unpaired) electrons. The van der Waals surface area contributed by atoms with Crippen LogP contribution >= 0.6 is 0 Å². The van der Waals surface area contributed by atoms with Gasteiger partial charge in [-0.1, -0.05) is 32.6 Å². The second-order valence-corrected chi connectivity index (χ2v) is 3.04. The first kappa shape index (κ1) is 11.5. The van der Waals surface area contributed by atoms with Gasteiger partial charge in [0.1, 0.15) is 0 Å². The van der Waals surface area contributed by atoms with E-state index < -0.39 is 0 Å². The van der Waals surface area contributed by atoms with Crippen LogP contribution in [0.15, 0.2) is 17.9 Å². The van der Waals surface area contributed by atoms with Crippen LogP contribution in [0.1, 0.15) is 46.0 Å². The Balaban J connectivity index is 3.31. The lowest BCUT2D eigenvalue weighted by Gasteiger charge is -2.02. The van der Waals surface area contributed by atoms with Crippen LogP contribution in [-0.2, 0) is 0 Å². The van der Waals surface area contributed by atoms with Crippen molar-refractivity contribution in [2.45, 2.75) is 52.1 Å². The summed E-state index contributed by atoms with van der Waals surface area (Å²) in [5.41, 5.74) is 2.89. The summed E-state index contributed by atoms with van der Waals surface area (Å²) in [6.07, 6.45) is 9.01. The average molecular weight is 168 g/mol. The van der Waals surface area contributed by atoms with Crippen LogP contribution in [0.2, 0.25) is 0 Å². The second kappa shape index (κ2) is 8.58. The maximum Gasteiger partial charge on any atom is 0.0794 e. The highest BCUT2D eigenvalue weighted by atomic mass is 16.3. The van der Waals surface area contributed by atoms with Crippen LogP contribution in [0.3, 0.4) is 0 Å². The normalized spacial score (nSPS) is 11.9. The lowest BCUT2D eigenvalue weighted by atomic mass is 10.1. The summed E-state index contributed by atoms with van der Waals surface area (Å²) >= 11 is 0. The Morgan fingerprint density at radius 1 is 1.33 bits per heavy atom. The molecule has 1 nitrogen and oxygen atoms in total. The third kappa shape index (κ3) is 7.59. The lowest BCUT2D eigenvalue weighted by molar-refractivity contribution is 0.208. The van der Waals surface area contributed by atoms with Crippen LogP contribution in [-0.4, -0.2) is 11.2 Å². The van der Waals surface area contributed by atoms with Gasteiger partial charge in [-0.2, -0.15) is 0 Å². The third-order valence-corrected chi connectivity index (χ3v) is 1.81. The highest BCUT2D eigenvalue weighted by Crippen LogP contribution is 2.05. The van der Waals surface area contributed by atoms with Crippen molar-refractivity contribution < 1.29 is 5.11 Å². The fraction of sp³-hybridized carbons (Fsp3) is 0.727. The third-order valence-electron chi connectivity index (χ3n) is 1.81. The van der Waals surface area contributed by atoms with Crippen LogP contribution < -0.4 is 0 Å². The summed E-state index contributed by atoms with van der Waals surface area (Å²) in [6, 6.07) is 0. The smallest absolute Gasteiger partial charge is 0.0794 e. The van der Waals surface area contributed by atoms with Gasteiger partial charge in [-0.3, -0.25) is 0 Å². The zero-order valence-corrected chi connectivity index (χ0v) is 8.21. The van der Waals surface area contributed by atoms with Crippen molar-refractivity contribution in [2.24, 2.45) is 0 Å². The Morgan fingerprint density at radius 2 is 2.08 bits per heavy atom. The molecule has 1 N–H and O–H groups in total. The lowest BCUT2D eigenvalue weighted by Crippen LogP contribution is -2.00. The van der Waals surface area contributed by atoms with E-state index in [2.05, 4.69) is 12.7 Å². The van der Waals surface area contributed by atoms with Crippen LogP contribution in [0.4, 0.5) is 0 Å². The van der Waals surface area contributed by atoms with Gasteiger partial charge in [0.25, 0.3) is 0 Å². The van der Waals surface area contributed by atoms with Crippen molar-refractivity contribution in [1.82, 2.24) is 0 Å². The number of hydrogen-bond donors (Lipinski definition) is 1. The van der Waals surface area contributed by atoms with E-state index in [0.29, 0.717) is 0 Å². The maximum atomic E-state index is 9.34. The Bertz CT molecular complexity index is 143. The van der Waals surface area contributed by atoms with Gasteiger partial charge in [-0.15, -0.1) is 5.73 Å². The monoisotopic (exact) mass is 168 g/mol. The Hall–Kier alpha value is -0.520. The number of rotatable bonds is 6. The fourth-order valence-electron chi connectivity index (χ4n) is 1.07. The van der Waals surface area contributed by atoms with E-state index in [0.717, 1.165) is 12.8 Å². The summed E-state index contributed by atoms with van der Waals surface area (Å²) < 4.78 is 0. The number of aliphatic hydroxyl groups is 1. The van der Waals surface area contributed by atoms with Gasteiger partial charge in [-0.05, 0) is 25.5 Å². The molecule has 70 valence electrons. The molecule has 0 bridgehead atoms. The molecule has 0 amide bonds. The fourth-order valence-corrected chi connectivity index (χ4v) is 1.07. The average Bonchev–Trinajstić information content (AvgIpc) is 2.09. The molecule has 0 rings (SSSR count). The van der Waals surface area contributed by atoms with Gasteiger partial charge in [0.15, 0.2) is 0 Å². The van der Waals surface area contributed by atoms with E-state index in [1.807, 2.05) is 13.0 Å². The first-order valence-electron chi connectivity index (χ1n) is 4.86. The molecular formula is C11H20O. The predicted molar refractivity (Wildman–Crippen MR) is 53.1 cm³/mol. The van der Waals surface area contributed by atoms with E-state index in [4.69, 9.17) is 0 Å². The summed E-state index contributed by atoms with van der Waals surface area (Å²) in [7, 11) is 0. The first-order valence-corrected chi connectivity index (χ1v) is 4.86. The minimum absolute atomic E-state index is 0.293. The molecule has 12 heavy (non-hydrogen) atoms. The molecule has 1 unspecified atom stereocenters. The van der Waals surface area contributed by atoms with Gasteiger partial charge in [-0.25, -0.2) is 0 Å². The van der Waals surface area contributed by atoms with Crippen molar-refractivity contribution in [2.75, 3.05) is 0 Å². The zero-order chi connectivity index (χ0) is 9.23. The van der Waals surface area contributed by atoms with Crippen molar-refractivity contribution in [3.63, 3.8) is 0 Å². The molecule has 0 aromatic heterocycles. The Kier molecular flexibility index (Phi) is 8.20. The molecule has 1 atom stereocenters. The Labute approximate surface area is 75.8 Å². The van der Waals surface area contributed by atoms with Crippen molar-refractivity contribution in [3.05, 3.63) is 17.9 Å². The second-order valence-electron chi connectivity index (χ2n) is 3.04. The largest absolute Gasteiger partial charge is 0.388 e. The highest BCUT2D eigenvalue weighted by molar-refractivity contribution is 4.87. The molecular weight excluding hydrogens is 148 g/mol. The van der Waals surface area contributed by atoms with Gasteiger partial charge in [0, 0.05) is 0 Å². The number of aliphatic hydroxyl groups excluding tert-OH is 1. The molecule has 0 aromatic rings. The van der Waals surface area contributed by atoms with E-state index in [1.54, 1.807) is 6.08 Å². The number of unbranched alkanes of at least 4 members (excludes halogenated alkanes) is 3. The standard InChI is InChI=1S/C11H20O/c1-3-5-7-8-10-11(12)9-6-4-2/h4,9,11-12H,3,5,7-8,10H2,1-2H3. The van der Waals surface area contributed by atoms with Gasteiger partial charge in [0.05, 0.1) is 6.10 Å². The summed E-state index contributed by atoms with van der Waals surface area (Å²) in [4.78, 5) is 0. The summed E-state index contributed by atoms with van der Waals surface area (Å²) in [5.74, 6) is 0. The number of hydrogen-bond acceptors (Lipinski definition) is 1. The van der Waals surface area contributed by atoms with Gasteiger partial charge in [0.2, 0.25) is 0 Å². The summed E-state index contributed by atoms with van der Waals surface area (Å²) in [5, 5.41) is 9.34.